The normalized spacial score (nSPS) is 15.1. The van der Waals surface area contributed by atoms with Crippen molar-refractivity contribution in [3.05, 3.63) is 54.1 Å². The summed E-state index contributed by atoms with van der Waals surface area (Å²) in [6.45, 7) is 0. The van der Waals surface area contributed by atoms with Crippen LogP contribution >= 0.6 is 11.8 Å². The van der Waals surface area contributed by atoms with Gasteiger partial charge in [0.15, 0.2) is 22.5 Å². The van der Waals surface area contributed by atoms with Gasteiger partial charge in [-0.05, 0) is 36.6 Å². The van der Waals surface area contributed by atoms with Crippen LogP contribution in [-0.4, -0.2) is 53.9 Å². The third kappa shape index (κ3) is 5.06. The molecule has 1 aliphatic rings. The third-order valence-electron chi connectivity index (χ3n) is 6.24. The van der Waals surface area contributed by atoms with E-state index < -0.39 is 5.25 Å². The molecule has 1 heterocycles. The fourth-order valence-electron chi connectivity index (χ4n) is 4.43. The van der Waals surface area contributed by atoms with E-state index in [9.17, 15) is 4.79 Å². The van der Waals surface area contributed by atoms with Gasteiger partial charge in [-0.1, -0.05) is 61.4 Å². The fraction of sp³-hybridized carbons (Fsp3) is 0.423. The van der Waals surface area contributed by atoms with E-state index in [4.69, 9.17) is 9.47 Å². The van der Waals surface area contributed by atoms with Crippen LogP contribution in [0.3, 0.4) is 0 Å². The minimum Gasteiger partial charge on any atom is -0.493 e. The van der Waals surface area contributed by atoms with Gasteiger partial charge in [0.1, 0.15) is 5.25 Å². The highest BCUT2D eigenvalue weighted by Crippen LogP contribution is 2.42. The average Bonchev–Trinajstić information content (AvgIpc) is 3.31. The van der Waals surface area contributed by atoms with Crippen molar-refractivity contribution >= 4 is 17.7 Å². The van der Waals surface area contributed by atoms with Crippen LogP contribution in [0.4, 0.5) is 0 Å². The number of aromatic nitrogens is 3. The summed E-state index contributed by atoms with van der Waals surface area (Å²) in [7, 11) is 6.84. The van der Waals surface area contributed by atoms with Gasteiger partial charge in [0, 0.05) is 25.7 Å². The Morgan fingerprint density at radius 3 is 2.35 bits per heavy atom. The van der Waals surface area contributed by atoms with Crippen molar-refractivity contribution in [1.29, 1.82) is 0 Å². The minimum absolute atomic E-state index is 0.0297. The molecular weight excluding hydrogens is 448 g/mol. The molecule has 1 aromatic heterocycles. The molecule has 7 nitrogen and oxygen atoms in total. The highest BCUT2D eigenvalue weighted by molar-refractivity contribution is 8.00. The Kier molecular flexibility index (Phi) is 7.77. The molecule has 34 heavy (non-hydrogen) atoms. The number of carbonyl (C=O) groups excluding carboxylic acids is 1. The minimum atomic E-state index is -0.402. The van der Waals surface area contributed by atoms with Crippen LogP contribution in [-0.2, 0) is 4.79 Å². The second kappa shape index (κ2) is 11.0. The summed E-state index contributed by atoms with van der Waals surface area (Å²) in [5, 5.41) is 9.58. The van der Waals surface area contributed by atoms with Crippen molar-refractivity contribution in [3.63, 3.8) is 0 Å². The molecule has 0 spiro atoms. The largest absolute Gasteiger partial charge is 0.493 e. The number of likely N-dealkylation sites (N-methyl/N-ethyl adjacent to an activating group) is 1. The first-order valence-corrected chi connectivity index (χ1v) is 12.5. The molecule has 0 unspecified atom stereocenters. The zero-order valence-electron chi connectivity index (χ0n) is 20.2. The second-order valence-corrected chi connectivity index (χ2v) is 9.75. The summed E-state index contributed by atoms with van der Waals surface area (Å²) in [6, 6.07) is 16.0. The molecule has 1 amide bonds. The molecule has 8 heteroatoms. The first-order valence-electron chi connectivity index (χ1n) is 11.6. The number of methoxy groups -OCH3 is 2. The Labute approximate surface area is 205 Å². The predicted octanol–water partition coefficient (Wildman–Crippen LogP) is 5.39. The SMILES string of the molecule is COc1ccc(-c2nnc(S[C@H](C(=O)N(C)C)c3ccccc3)n2C2CCCCC2)cc1OC. The first kappa shape index (κ1) is 24.1. The van der Waals surface area contributed by atoms with Gasteiger partial charge in [0.2, 0.25) is 5.91 Å². The maximum absolute atomic E-state index is 13.2. The van der Waals surface area contributed by atoms with Gasteiger partial charge >= 0.3 is 0 Å². The quantitative estimate of drug-likeness (QED) is 0.403. The van der Waals surface area contributed by atoms with E-state index in [2.05, 4.69) is 14.8 Å². The van der Waals surface area contributed by atoms with Crippen molar-refractivity contribution in [2.45, 2.75) is 48.6 Å². The molecule has 2 aromatic carbocycles. The van der Waals surface area contributed by atoms with Crippen LogP contribution in [0.2, 0.25) is 0 Å². The lowest BCUT2D eigenvalue weighted by molar-refractivity contribution is -0.128. The van der Waals surface area contributed by atoms with E-state index in [1.807, 2.05) is 48.5 Å². The van der Waals surface area contributed by atoms with Crippen molar-refractivity contribution in [1.82, 2.24) is 19.7 Å². The Balaban J connectivity index is 1.78. The van der Waals surface area contributed by atoms with E-state index in [0.717, 1.165) is 34.9 Å². The zero-order chi connectivity index (χ0) is 24.1. The van der Waals surface area contributed by atoms with Crippen molar-refractivity contribution < 1.29 is 14.3 Å². The average molecular weight is 481 g/mol. The van der Waals surface area contributed by atoms with Gasteiger partial charge in [-0.25, -0.2) is 0 Å². The summed E-state index contributed by atoms with van der Waals surface area (Å²) in [5.41, 5.74) is 1.87. The Hall–Kier alpha value is -3.00. The van der Waals surface area contributed by atoms with Gasteiger partial charge in [-0.3, -0.25) is 9.36 Å². The number of ether oxygens (including phenoxy) is 2. The van der Waals surface area contributed by atoms with Crippen LogP contribution in [0.1, 0.15) is 49.0 Å². The number of amides is 1. The van der Waals surface area contributed by atoms with Crippen molar-refractivity contribution in [2.24, 2.45) is 0 Å². The maximum Gasteiger partial charge on any atom is 0.240 e. The number of hydrogen-bond acceptors (Lipinski definition) is 6. The van der Waals surface area contributed by atoms with Gasteiger partial charge in [-0.2, -0.15) is 0 Å². The smallest absolute Gasteiger partial charge is 0.240 e. The lowest BCUT2D eigenvalue weighted by atomic mass is 9.95. The van der Waals surface area contributed by atoms with Gasteiger partial charge in [-0.15, -0.1) is 10.2 Å². The van der Waals surface area contributed by atoms with Gasteiger partial charge in [0.05, 0.1) is 14.2 Å². The number of hydrogen-bond donors (Lipinski definition) is 0. The molecule has 1 fully saturated rings. The van der Waals surface area contributed by atoms with Crippen LogP contribution in [0.5, 0.6) is 11.5 Å². The summed E-state index contributed by atoms with van der Waals surface area (Å²) in [4.78, 5) is 14.8. The third-order valence-corrected chi connectivity index (χ3v) is 7.44. The van der Waals surface area contributed by atoms with Crippen molar-refractivity contribution in [2.75, 3.05) is 28.3 Å². The lowest BCUT2D eigenvalue weighted by Crippen LogP contribution is -2.27. The topological polar surface area (TPSA) is 69.5 Å². The van der Waals surface area contributed by atoms with Gasteiger partial charge in [0.25, 0.3) is 0 Å². The van der Waals surface area contributed by atoms with Crippen molar-refractivity contribution in [3.8, 4) is 22.9 Å². The Morgan fingerprint density at radius 1 is 1.00 bits per heavy atom. The molecule has 1 atom stereocenters. The number of thioether (sulfide) groups is 1. The molecule has 0 N–H and O–H groups in total. The lowest BCUT2D eigenvalue weighted by Gasteiger charge is -2.27. The van der Waals surface area contributed by atoms with E-state index in [1.54, 1.807) is 33.2 Å². The van der Waals surface area contributed by atoms with Crippen LogP contribution < -0.4 is 9.47 Å². The number of carbonyl (C=O) groups is 1. The molecule has 0 radical (unpaired) electrons. The fourth-order valence-corrected chi connectivity index (χ4v) is 5.68. The van der Waals surface area contributed by atoms with Crippen LogP contribution in [0, 0.1) is 0 Å². The highest BCUT2D eigenvalue weighted by Gasteiger charge is 2.30. The number of rotatable bonds is 8. The van der Waals surface area contributed by atoms with E-state index >= 15 is 0 Å². The monoisotopic (exact) mass is 480 g/mol. The number of benzene rings is 2. The highest BCUT2D eigenvalue weighted by atomic mass is 32.2. The summed E-state index contributed by atoms with van der Waals surface area (Å²) < 4.78 is 13.2. The first-order chi connectivity index (χ1) is 16.5. The van der Waals surface area contributed by atoms with Crippen LogP contribution in [0.25, 0.3) is 11.4 Å². The summed E-state index contributed by atoms with van der Waals surface area (Å²) >= 11 is 1.47. The van der Waals surface area contributed by atoms with E-state index in [-0.39, 0.29) is 5.91 Å². The predicted molar refractivity (Wildman–Crippen MR) is 134 cm³/mol. The molecule has 4 rings (SSSR count). The van der Waals surface area contributed by atoms with E-state index in [1.165, 1.54) is 31.0 Å². The summed E-state index contributed by atoms with van der Waals surface area (Å²) in [6.07, 6.45) is 5.75. The Bertz CT molecular complexity index is 1110. The molecule has 0 aliphatic heterocycles. The molecule has 1 aliphatic carbocycles. The standard InChI is InChI=1S/C26H32N4O3S/c1-29(2)25(31)23(18-11-7-5-8-12-18)34-26-28-27-24(30(26)20-13-9-6-10-14-20)19-15-16-21(32-3)22(17-19)33-4/h5,7-8,11-12,15-17,20,23H,6,9-10,13-14H2,1-4H3/t23-/m0/s1. The number of nitrogens with zero attached hydrogens (tertiary/aromatic N) is 4. The second-order valence-electron chi connectivity index (χ2n) is 8.68. The molecule has 180 valence electrons. The zero-order valence-corrected chi connectivity index (χ0v) is 21.0. The molecule has 0 bridgehead atoms. The maximum atomic E-state index is 13.2. The molecule has 3 aromatic rings. The molecule has 0 saturated heterocycles. The van der Waals surface area contributed by atoms with Gasteiger partial charge < -0.3 is 14.4 Å². The molecule has 1 saturated carbocycles. The molecular formula is C26H32N4O3S. The van der Waals surface area contributed by atoms with Crippen LogP contribution in [0.15, 0.2) is 53.7 Å². The Morgan fingerprint density at radius 2 is 1.71 bits per heavy atom. The van der Waals surface area contributed by atoms with E-state index in [0.29, 0.717) is 17.5 Å². The summed E-state index contributed by atoms with van der Waals surface area (Å²) in [5.74, 6) is 2.14.